The van der Waals surface area contributed by atoms with E-state index >= 15 is 0 Å². The van der Waals surface area contributed by atoms with Gasteiger partial charge in [-0.3, -0.25) is 0 Å². The predicted molar refractivity (Wildman–Crippen MR) is 99.2 cm³/mol. The van der Waals surface area contributed by atoms with Crippen molar-refractivity contribution in [1.82, 2.24) is 0 Å². The van der Waals surface area contributed by atoms with E-state index in [1.54, 1.807) is 11.3 Å². The minimum atomic E-state index is 0.549. The second kappa shape index (κ2) is 5.86. The van der Waals surface area contributed by atoms with Gasteiger partial charge in [0, 0.05) is 11.1 Å². The van der Waals surface area contributed by atoms with Crippen LogP contribution in [0.15, 0.2) is 70.6 Å². The van der Waals surface area contributed by atoms with Gasteiger partial charge in [0.1, 0.15) is 13.2 Å². The van der Waals surface area contributed by atoms with E-state index in [0.717, 1.165) is 32.3 Å². The number of nitrogens with zero attached hydrogens (tertiary/aromatic N) is 2. The van der Waals surface area contributed by atoms with Crippen molar-refractivity contribution in [2.24, 2.45) is 9.98 Å². The number of ether oxygens (including phenoxy) is 2. The van der Waals surface area contributed by atoms with Crippen molar-refractivity contribution in [2.75, 3.05) is 0 Å². The van der Waals surface area contributed by atoms with Crippen LogP contribution in [0, 0.1) is 0 Å². The normalized spacial score (nSPS) is 15.2. The molecule has 3 heterocycles. The van der Waals surface area contributed by atoms with Crippen LogP contribution in [-0.2, 0) is 22.7 Å². The third-order valence-corrected chi connectivity index (χ3v) is 5.24. The van der Waals surface area contributed by atoms with Crippen molar-refractivity contribution in [3.8, 4) is 0 Å². The van der Waals surface area contributed by atoms with Crippen LogP contribution in [-0.4, -0.2) is 11.8 Å². The molecule has 2 aromatic carbocycles. The first-order valence-corrected chi connectivity index (χ1v) is 8.88. The highest BCUT2D eigenvalue weighted by Gasteiger charge is 2.20. The number of aliphatic imine (C=N–C) groups is 2. The van der Waals surface area contributed by atoms with E-state index in [-0.39, 0.29) is 0 Å². The molecule has 0 radical (unpaired) electrons. The summed E-state index contributed by atoms with van der Waals surface area (Å²) >= 11 is 1.58. The van der Waals surface area contributed by atoms with Gasteiger partial charge in [-0.2, -0.15) is 0 Å². The molecule has 4 nitrogen and oxygen atoms in total. The number of benzene rings is 2. The summed E-state index contributed by atoms with van der Waals surface area (Å²) in [7, 11) is 0. The van der Waals surface area contributed by atoms with Gasteiger partial charge in [-0.05, 0) is 24.3 Å². The Morgan fingerprint density at radius 1 is 0.640 bits per heavy atom. The Morgan fingerprint density at radius 3 is 1.64 bits per heavy atom. The number of fused-ring (bicyclic) bond motifs is 2. The van der Waals surface area contributed by atoms with Crippen LogP contribution in [0.4, 0.5) is 11.4 Å². The highest BCUT2D eigenvalue weighted by atomic mass is 32.1. The Labute approximate surface area is 149 Å². The Balaban J connectivity index is 1.47. The first-order valence-electron chi connectivity index (χ1n) is 8.06. The van der Waals surface area contributed by atoms with Gasteiger partial charge < -0.3 is 9.47 Å². The average molecular weight is 346 g/mol. The quantitative estimate of drug-likeness (QED) is 0.658. The molecule has 0 aliphatic carbocycles. The van der Waals surface area contributed by atoms with Gasteiger partial charge in [0.25, 0.3) is 0 Å². The van der Waals surface area contributed by atoms with Crippen LogP contribution in [0.25, 0.3) is 0 Å². The Hall–Kier alpha value is -2.92. The number of hydrogen-bond donors (Lipinski definition) is 0. The van der Waals surface area contributed by atoms with E-state index < -0.39 is 0 Å². The summed E-state index contributed by atoms with van der Waals surface area (Å²) in [4.78, 5) is 11.2. The zero-order chi connectivity index (χ0) is 16.6. The van der Waals surface area contributed by atoms with Gasteiger partial charge in [-0.1, -0.05) is 36.4 Å². The molecule has 25 heavy (non-hydrogen) atoms. The molecule has 122 valence electrons. The van der Waals surface area contributed by atoms with Crippen LogP contribution >= 0.6 is 11.3 Å². The van der Waals surface area contributed by atoms with Gasteiger partial charge in [-0.15, -0.1) is 11.3 Å². The number of thiophene rings is 1. The van der Waals surface area contributed by atoms with Crippen LogP contribution in [0.1, 0.15) is 20.9 Å². The van der Waals surface area contributed by atoms with Crippen LogP contribution in [0.5, 0.6) is 0 Å². The van der Waals surface area contributed by atoms with E-state index in [2.05, 4.69) is 9.98 Å². The van der Waals surface area contributed by atoms with Crippen LogP contribution in [0.3, 0.4) is 0 Å². The molecule has 0 bridgehead atoms. The van der Waals surface area contributed by atoms with E-state index in [9.17, 15) is 0 Å². The summed E-state index contributed by atoms with van der Waals surface area (Å²) in [6.45, 7) is 1.10. The third-order valence-electron chi connectivity index (χ3n) is 4.18. The summed E-state index contributed by atoms with van der Waals surface area (Å²) in [5.74, 6) is 1.32. The summed E-state index contributed by atoms with van der Waals surface area (Å²) in [5, 5.41) is 0. The summed E-state index contributed by atoms with van der Waals surface area (Å²) in [6, 6.07) is 20.1. The van der Waals surface area contributed by atoms with Crippen molar-refractivity contribution in [3.05, 3.63) is 81.5 Å². The van der Waals surface area contributed by atoms with Gasteiger partial charge in [0.05, 0.1) is 21.1 Å². The molecule has 0 unspecified atom stereocenters. The molecule has 2 aliphatic heterocycles. The first kappa shape index (κ1) is 14.4. The fourth-order valence-electron chi connectivity index (χ4n) is 2.88. The topological polar surface area (TPSA) is 43.2 Å². The van der Waals surface area contributed by atoms with E-state index in [0.29, 0.717) is 25.0 Å². The fraction of sp³-hybridized carbons (Fsp3) is 0.100. The lowest BCUT2D eigenvalue weighted by Crippen LogP contribution is -2.10. The molecular weight excluding hydrogens is 332 g/mol. The second-order valence-electron chi connectivity index (χ2n) is 5.83. The minimum Gasteiger partial charge on any atom is -0.472 e. The maximum Gasteiger partial charge on any atom is 0.232 e. The zero-order valence-corrected chi connectivity index (χ0v) is 14.1. The molecular formula is C20H14N2O2S. The molecule has 0 amide bonds. The number of hydrogen-bond acceptors (Lipinski definition) is 5. The molecule has 0 N–H and O–H groups in total. The summed E-state index contributed by atoms with van der Waals surface area (Å²) in [6.07, 6.45) is 0. The average Bonchev–Trinajstić information content (AvgIpc) is 3.17. The van der Waals surface area contributed by atoms with E-state index in [4.69, 9.17) is 9.47 Å². The predicted octanol–water partition coefficient (Wildman–Crippen LogP) is 4.97. The highest BCUT2D eigenvalue weighted by molar-refractivity contribution is 7.16. The monoisotopic (exact) mass is 346 g/mol. The van der Waals surface area contributed by atoms with Crippen molar-refractivity contribution in [2.45, 2.75) is 13.2 Å². The smallest absolute Gasteiger partial charge is 0.232 e. The summed E-state index contributed by atoms with van der Waals surface area (Å²) < 4.78 is 11.7. The highest BCUT2D eigenvalue weighted by Crippen LogP contribution is 2.31. The van der Waals surface area contributed by atoms with Crippen molar-refractivity contribution in [3.63, 3.8) is 0 Å². The molecule has 3 aromatic rings. The molecule has 1 aromatic heterocycles. The van der Waals surface area contributed by atoms with Crippen LogP contribution in [0.2, 0.25) is 0 Å². The van der Waals surface area contributed by atoms with Gasteiger partial charge in [0.2, 0.25) is 11.8 Å². The number of rotatable bonds is 2. The molecule has 0 fully saturated rings. The molecule has 5 heteroatoms. The van der Waals surface area contributed by atoms with E-state index in [1.165, 1.54) is 0 Å². The lowest BCUT2D eigenvalue weighted by molar-refractivity contribution is 0.289. The van der Waals surface area contributed by atoms with Gasteiger partial charge >= 0.3 is 0 Å². The second-order valence-corrected chi connectivity index (χ2v) is 6.92. The summed E-state index contributed by atoms with van der Waals surface area (Å²) in [5.41, 5.74) is 4.16. The Morgan fingerprint density at radius 2 is 1.12 bits per heavy atom. The number of para-hydroxylation sites is 2. The van der Waals surface area contributed by atoms with E-state index in [1.807, 2.05) is 60.7 Å². The van der Waals surface area contributed by atoms with Gasteiger partial charge in [-0.25, -0.2) is 9.98 Å². The maximum absolute atomic E-state index is 5.83. The van der Waals surface area contributed by atoms with Crippen molar-refractivity contribution < 1.29 is 9.47 Å². The largest absolute Gasteiger partial charge is 0.472 e. The molecule has 2 aliphatic rings. The van der Waals surface area contributed by atoms with Crippen molar-refractivity contribution >= 4 is 34.5 Å². The van der Waals surface area contributed by atoms with Gasteiger partial charge in [0.15, 0.2) is 0 Å². The Kier molecular flexibility index (Phi) is 3.38. The lowest BCUT2D eigenvalue weighted by atomic mass is 10.2. The first-order chi connectivity index (χ1) is 12.4. The molecule has 0 atom stereocenters. The fourth-order valence-corrected chi connectivity index (χ4v) is 3.77. The molecule has 0 saturated heterocycles. The van der Waals surface area contributed by atoms with Crippen molar-refractivity contribution in [1.29, 1.82) is 0 Å². The SMILES string of the molecule is c1ccc2c(c1)COC(c1ccc(C3=Nc4ccccc4CO3)s1)=N2. The standard InChI is InChI=1S/C20H14N2O2S/c1-3-7-15-13(5-1)11-23-19(21-15)17-9-10-18(25-17)20-22-16-8-4-2-6-14(16)12-24-20/h1-10H,11-12H2. The minimum absolute atomic E-state index is 0.549. The maximum atomic E-state index is 5.83. The Bertz CT molecular complexity index is 940. The van der Waals surface area contributed by atoms with Crippen LogP contribution < -0.4 is 0 Å². The third kappa shape index (κ3) is 2.62. The molecule has 0 spiro atoms. The lowest BCUT2D eigenvalue weighted by Gasteiger charge is -2.16. The zero-order valence-electron chi connectivity index (χ0n) is 13.3. The molecule has 0 saturated carbocycles. The molecule has 5 rings (SSSR count).